The van der Waals surface area contributed by atoms with E-state index in [1.807, 2.05) is 98.8 Å². The summed E-state index contributed by atoms with van der Waals surface area (Å²) in [4.78, 5) is 0. The van der Waals surface area contributed by atoms with Gasteiger partial charge < -0.3 is 29.0 Å². The van der Waals surface area contributed by atoms with E-state index in [0.717, 1.165) is 57.1 Å². The van der Waals surface area contributed by atoms with Gasteiger partial charge in [0, 0.05) is 0 Å². The van der Waals surface area contributed by atoms with E-state index < -0.39 is 7.40 Å². The van der Waals surface area contributed by atoms with E-state index in [4.69, 9.17) is 29.0 Å². The zero-order valence-corrected chi connectivity index (χ0v) is 18.6. The Balaban J connectivity index is 0.000000140. The van der Waals surface area contributed by atoms with Gasteiger partial charge in [0.15, 0.2) is 46.0 Å². The van der Waals surface area contributed by atoms with Crippen LogP contribution in [0.15, 0.2) is 84.9 Å². The van der Waals surface area contributed by atoms with Crippen molar-refractivity contribution in [2.45, 2.75) is 13.8 Å². The Bertz CT molecular complexity index is 1190. The summed E-state index contributed by atoms with van der Waals surface area (Å²) in [6.45, 7) is 4.06. The van der Waals surface area contributed by atoms with Gasteiger partial charge in [-0.15, -0.1) is 0 Å². The molecule has 172 valence electrons. The van der Waals surface area contributed by atoms with Crippen LogP contribution in [-0.2, 0) is 0 Å². The highest BCUT2D eigenvalue weighted by Gasteiger charge is 2.18. The van der Waals surface area contributed by atoms with Gasteiger partial charge >= 0.3 is 7.40 Å². The van der Waals surface area contributed by atoms with Crippen molar-refractivity contribution >= 4 is 7.40 Å². The fourth-order valence-corrected chi connectivity index (χ4v) is 3.27. The number of fused-ring (bicyclic) bond motifs is 4. The van der Waals surface area contributed by atoms with Crippen LogP contribution >= 0.6 is 0 Å². The van der Waals surface area contributed by atoms with Gasteiger partial charge in [0.2, 0.25) is 0 Å². The van der Waals surface area contributed by atoms with Crippen LogP contribution in [0.5, 0.6) is 46.0 Å². The Morgan fingerprint density at radius 3 is 1.09 bits per heavy atom. The largest absolute Gasteiger partial charge is 0.674 e. The predicted molar refractivity (Wildman–Crippen MR) is 127 cm³/mol. The molecule has 4 aromatic rings. The average molecular weight is 460 g/mol. The molecule has 2 N–H and O–H groups in total. The monoisotopic (exact) mass is 460 g/mol. The Hall–Kier alpha value is -4.01. The number of ether oxygens (including phenoxy) is 4. The molecule has 0 aliphatic carbocycles. The van der Waals surface area contributed by atoms with Crippen molar-refractivity contribution in [3.05, 3.63) is 96.1 Å². The topological polar surface area (TPSA) is 77.4 Å². The lowest BCUT2D eigenvalue weighted by Crippen LogP contribution is -1.98. The molecule has 6 nitrogen and oxygen atoms in total. The maximum absolute atomic E-state index is 10.1. The molecule has 0 saturated heterocycles. The third kappa shape index (κ3) is 5.67. The second-order valence-electron chi connectivity index (χ2n) is 7.51. The Morgan fingerprint density at radius 1 is 0.500 bits per heavy atom. The number of benzene rings is 4. The predicted octanol–water partition coefficient (Wildman–Crippen LogP) is 6.71. The number of hydrogen-bond acceptors (Lipinski definition) is 6. The molecular weight excluding hydrogens is 438 g/mol. The second-order valence-corrected chi connectivity index (χ2v) is 7.51. The highest BCUT2D eigenvalue weighted by molar-refractivity contribution is 6.31. The molecule has 0 fully saturated rings. The van der Waals surface area contributed by atoms with Crippen molar-refractivity contribution in [3.8, 4) is 46.0 Å². The highest BCUT2D eigenvalue weighted by Crippen LogP contribution is 2.46. The Morgan fingerprint density at radius 2 is 0.765 bits per heavy atom. The lowest BCUT2D eigenvalue weighted by molar-refractivity contribution is 0.340. The Kier molecular flexibility index (Phi) is 7.01. The van der Waals surface area contributed by atoms with Crippen molar-refractivity contribution in [2.75, 3.05) is 0 Å². The fourth-order valence-electron chi connectivity index (χ4n) is 3.27. The first-order chi connectivity index (χ1) is 16.4. The molecule has 0 atom stereocenters. The number of para-hydroxylation sites is 4. The van der Waals surface area contributed by atoms with Crippen LogP contribution in [0.4, 0.5) is 4.32 Å². The van der Waals surface area contributed by atoms with Crippen LogP contribution in [0.2, 0.25) is 0 Å². The summed E-state index contributed by atoms with van der Waals surface area (Å²) in [5, 5.41) is 13.9. The average Bonchev–Trinajstić information content (AvgIpc) is 2.81. The van der Waals surface area contributed by atoms with Gasteiger partial charge in [0.05, 0.1) is 0 Å². The molecule has 0 unspecified atom stereocenters. The van der Waals surface area contributed by atoms with Crippen LogP contribution in [0.3, 0.4) is 0 Å². The van der Waals surface area contributed by atoms with Crippen molar-refractivity contribution < 1.29 is 33.3 Å². The maximum atomic E-state index is 10.1. The number of hydrogen-bond donors (Lipinski definition) is 2. The quantitative estimate of drug-likeness (QED) is 0.245. The van der Waals surface area contributed by atoms with Crippen LogP contribution in [-0.4, -0.2) is 17.4 Å². The van der Waals surface area contributed by atoms with E-state index in [2.05, 4.69) is 0 Å². The zero-order chi connectivity index (χ0) is 24.1. The molecule has 34 heavy (non-hydrogen) atoms. The van der Waals surface area contributed by atoms with Crippen molar-refractivity contribution in [2.24, 2.45) is 0 Å². The molecule has 8 heteroatoms. The normalized spacial score (nSPS) is 11.4. The van der Waals surface area contributed by atoms with Gasteiger partial charge in [-0.05, 0) is 73.5 Å². The van der Waals surface area contributed by atoms with Gasteiger partial charge in [-0.3, -0.25) is 4.32 Å². The molecule has 2 aliphatic rings. The second kappa shape index (κ2) is 10.3. The first-order valence-corrected chi connectivity index (χ1v) is 10.5. The summed E-state index contributed by atoms with van der Waals surface area (Å²) in [7, 11) is -2.67. The lowest BCUT2D eigenvalue weighted by Gasteiger charge is -2.20. The van der Waals surface area contributed by atoms with Gasteiger partial charge in [0.1, 0.15) is 0 Å². The maximum Gasteiger partial charge on any atom is 0.674 e. The van der Waals surface area contributed by atoms with E-state index in [1.54, 1.807) is 0 Å². The molecule has 0 saturated carbocycles. The van der Waals surface area contributed by atoms with E-state index in [9.17, 15) is 4.32 Å². The molecule has 0 amide bonds. The third-order valence-electron chi connectivity index (χ3n) is 4.78. The fraction of sp³-hybridized carbons (Fsp3) is 0.0769. The van der Waals surface area contributed by atoms with Gasteiger partial charge in [-0.25, -0.2) is 0 Å². The highest BCUT2D eigenvalue weighted by atomic mass is 19.1. The van der Waals surface area contributed by atoms with Gasteiger partial charge in [-0.2, -0.15) is 0 Å². The van der Waals surface area contributed by atoms with Gasteiger partial charge in [0.25, 0.3) is 0 Å². The molecule has 2 heterocycles. The smallest absolute Gasteiger partial charge is 0.450 e. The molecular formula is C26H22BFO6. The first-order valence-electron chi connectivity index (χ1n) is 10.5. The van der Waals surface area contributed by atoms with E-state index in [1.165, 1.54) is 0 Å². The molecule has 0 aromatic heterocycles. The van der Waals surface area contributed by atoms with Crippen LogP contribution in [0, 0.1) is 13.8 Å². The molecule has 0 spiro atoms. The summed E-state index contributed by atoms with van der Waals surface area (Å²) in [5.74, 6) is 6.22. The van der Waals surface area contributed by atoms with E-state index >= 15 is 0 Å². The minimum Gasteiger partial charge on any atom is -0.450 e. The number of halogens is 1. The van der Waals surface area contributed by atoms with E-state index in [-0.39, 0.29) is 0 Å². The first kappa shape index (κ1) is 23.2. The van der Waals surface area contributed by atoms with E-state index in [0.29, 0.717) is 0 Å². The summed E-state index contributed by atoms with van der Waals surface area (Å²) in [6.07, 6.45) is 0. The number of rotatable bonds is 0. The number of aryl methyl sites for hydroxylation is 2. The SMILES string of the molecule is Cc1ccc2c(c1)Oc1ccccc1O2.Cc1ccc2c(c1)Oc1ccccc1O2.OB(O)F. The lowest BCUT2D eigenvalue weighted by atomic mass is 10.2. The van der Waals surface area contributed by atoms with Crippen LogP contribution in [0.1, 0.15) is 11.1 Å². The third-order valence-corrected chi connectivity index (χ3v) is 4.78. The van der Waals surface area contributed by atoms with Crippen molar-refractivity contribution in [1.29, 1.82) is 0 Å². The summed E-state index contributed by atoms with van der Waals surface area (Å²) in [6, 6.07) is 27.2. The zero-order valence-electron chi connectivity index (χ0n) is 18.6. The minimum absolute atomic E-state index is 0.772. The minimum atomic E-state index is -2.67. The summed E-state index contributed by atoms with van der Waals surface area (Å²) < 4.78 is 33.0. The summed E-state index contributed by atoms with van der Waals surface area (Å²) >= 11 is 0. The Labute approximate surface area is 196 Å². The van der Waals surface area contributed by atoms with Gasteiger partial charge in [-0.1, -0.05) is 36.4 Å². The van der Waals surface area contributed by atoms with Crippen LogP contribution in [0.25, 0.3) is 0 Å². The molecule has 6 rings (SSSR count). The molecule has 0 bridgehead atoms. The summed E-state index contributed by atoms with van der Waals surface area (Å²) in [5.41, 5.74) is 2.33. The standard InChI is InChI=1S/2C13H10O2.BFH2O2/c2*1-9-6-7-12-13(8-9)15-11-5-3-2-4-10(11)14-12;2-1(3)4/h2*2-8H,1H3;3-4H. The van der Waals surface area contributed by atoms with Crippen molar-refractivity contribution in [1.82, 2.24) is 0 Å². The molecule has 4 aromatic carbocycles. The van der Waals surface area contributed by atoms with Crippen molar-refractivity contribution in [3.63, 3.8) is 0 Å². The van der Waals surface area contributed by atoms with Crippen LogP contribution < -0.4 is 18.9 Å². The molecule has 2 aliphatic heterocycles. The molecule has 0 radical (unpaired) electrons.